The minimum atomic E-state index is -0.622. The molecule has 0 spiro atoms. The maximum atomic E-state index is 13.9. The lowest BCUT2D eigenvalue weighted by molar-refractivity contribution is -0.134. The highest BCUT2D eigenvalue weighted by atomic mass is 35.5. The number of nitrogens with one attached hydrogen (secondary N) is 2. The summed E-state index contributed by atoms with van der Waals surface area (Å²) < 4.78 is 33.2. The number of hydrogen-bond donors (Lipinski definition) is 2. The second kappa shape index (κ2) is 10.8. The Morgan fingerprint density at radius 1 is 1.38 bits per heavy atom. The van der Waals surface area contributed by atoms with E-state index in [1.807, 2.05) is 0 Å². The van der Waals surface area contributed by atoms with Crippen molar-refractivity contribution in [2.24, 2.45) is 0 Å². The van der Waals surface area contributed by atoms with Gasteiger partial charge in [-0.2, -0.15) is 0 Å². The van der Waals surface area contributed by atoms with Crippen LogP contribution in [0.3, 0.4) is 0 Å². The van der Waals surface area contributed by atoms with E-state index in [4.69, 9.17) is 4.74 Å². The molecular formula is C15H23Cl2F2N3O2. The van der Waals surface area contributed by atoms with Crippen LogP contribution in [0.5, 0.6) is 0 Å². The van der Waals surface area contributed by atoms with Crippen molar-refractivity contribution >= 4 is 30.7 Å². The van der Waals surface area contributed by atoms with Gasteiger partial charge in [0.25, 0.3) is 5.91 Å². The van der Waals surface area contributed by atoms with Gasteiger partial charge in [-0.1, -0.05) is 6.07 Å². The van der Waals surface area contributed by atoms with Gasteiger partial charge in [0.1, 0.15) is 17.7 Å². The zero-order chi connectivity index (χ0) is 16.1. The number of amides is 1. The van der Waals surface area contributed by atoms with Gasteiger partial charge >= 0.3 is 0 Å². The summed E-state index contributed by atoms with van der Waals surface area (Å²) in [5, 5.41) is 5.77. The first-order valence-electron chi connectivity index (χ1n) is 7.21. The standard InChI is InChI=1S/C15H21F2N3O2.2ClH/c1-20(2)12(14-10(16)4-3-5-11(14)17)8-19-15(21)13-9-18-6-7-22-13;;/h3-5,12-13,18H,6-9H2,1-2H3,(H,19,21);2*1H. The second-order valence-electron chi connectivity index (χ2n) is 5.42. The van der Waals surface area contributed by atoms with Crippen LogP contribution < -0.4 is 10.6 Å². The van der Waals surface area contributed by atoms with E-state index >= 15 is 0 Å². The van der Waals surface area contributed by atoms with Gasteiger partial charge < -0.3 is 20.3 Å². The van der Waals surface area contributed by atoms with Crippen molar-refractivity contribution in [2.75, 3.05) is 40.3 Å². The van der Waals surface area contributed by atoms with Crippen LogP contribution in [0.15, 0.2) is 18.2 Å². The van der Waals surface area contributed by atoms with Gasteiger partial charge in [-0.25, -0.2) is 8.78 Å². The average molecular weight is 386 g/mol. The molecule has 9 heteroatoms. The van der Waals surface area contributed by atoms with Crippen LogP contribution in [-0.2, 0) is 9.53 Å². The predicted molar refractivity (Wildman–Crippen MR) is 92.9 cm³/mol. The number of rotatable bonds is 5. The fourth-order valence-corrected chi connectivity index (χ4v) is 2.42. The molecule has 0 aliphatic carbocycles. The van der Waals surface area contributed by atoms with Crippen molar-refractivity contribution in [2.45, 2.75) is 12.1 Å². The van der Waals surface area contributed by atoms with E-state index in [2.05, 4.69) is 10.6 Å². The third-order valence-electron chi connectivity index (χ3n) is 3.65. The van der Waals surface area contributed by atoms with Crippen molar-refractivity contribution in [1.82, 2.24) is 15.5 Å². The summed E-state index contributed by atoms with van der Waals surface area (Å²) in [7, 11) is 3.42. The van der Waals surface area contributed by atoms with Gasteiger partial charge in [0, 0.05) is 25.2 Å². The molecule has 1 saturated heterocycles. The fraction of sp³-hybridized carbons (Fsp3) is 0.533. The van der Waals surface area contributed by atoms with Crippen LogP contribution in [0.25, 0.3) is 0 Å². The summed E-state index contributed by atoms with van der Waals surface area (Å²) in [5.41, 5.74) is -0.0458. The lowest BCUT2D eigenvalue weighted by Crippen LogP contribution is -2.49. The van der Waals surface area contributed by atoms with Crippen molar-refractivity contribution in [3.8, 4) is 0 Å². The van der Waals surface area contributed by atoms with Gasteiger partial charge in [0.2, 0.25) is 0 Å². The molecule has 2 rings (SSSR count). The SMILES string of the molecule is CN(C)C(CNC(=O)C1CNCCO1)c1c(F)cccc1F.Cl.Cl. The Labute approximate surface area is 152 Å². The number of benzene rings is 1. The Morgan fingerprint density at radius 3 is 2.50 bits per heavy atom. The summed E-state index contributed by atoms with van der Waals surface area (Å²) in [6.07, 6.45) is -0.568. The lowest BCUT2D eigenvalue weighted by Gasteiger charge is -2.28. The molecule has 1 fully saturated rings. The van der Waals surface area contributed by atoms with Gasteiger partial charge in [-0.15, -0.1) is 24.8 Å². The highest BCUT2D eigenvalue weighted by Gasteiger charge is 2.26. The molecule has 2 atom stereocenters. The van der Waals surface area contributed by atoms with E-state index in [1.165, 1.54) is 18.2 Å². The van der Waals surface area contributed by atoms with Crippen LogP contribution in [0.1, 0.15) is 11.6 Å². The first kappa shape index (κ1) is 23.0. The molecule has 0 radical (unpaired) electrons. The van der Waals surface area contributed by atoms with E-state index in [9.17, 15) is 13.6 Å². The summed E-state index contributed by atoms with van der Waals surface area (Å²) in [5.74, 6) is -1.53. The Morgan fingerprint density at radius 2 is 2.00 bits per heavy atom. The molecule has 1 aliphatic rings. The Hall–Kier alpha value is -0.990. The van der Waals surface area contributed by atoms with Gasteiger partial charge in [-0.3, -0.25) is 4.79 Å². The molecule has 138 valence electrons. The number of likely N-dealkylation sites (N-methyl/N-ethyl adjacent to an activating group) is 1. The van der Waals surface area contributed by atoms with E-state index in [-0.39, 0.29) is 42.8 Å². The number of carbonyl (C=O) groups is 1. The Bertz CT molecular complexity index is 509. The maximum Gasteiger partial charge on any atom is 0.250 e. The first-order valence-corrected chi connectivity index (χ1v) is 7.21. The molecular weight excluding hydrogens is 363 g/mol. The van der Waals surface area contributed by atoms with Gasteiger partial charge in [0.05, 0.1) is 12.6 Å². The quantitative estimate of drug-likeness (QED) is 0.806. The fourth-order valence-electron chi connectivity index (χ4n) is 2.42. The van der Waals surface area contributed by atoms with E-state index in [0.29, 0.717) is 19.7 Å². The normalized spacial score (nSPS) is 18.3. The molecule has 0 aromatic heterocycles. The number of hydrogen-bond acceptors (Lipinski definition) is 4. The van der Waals surface area contributed by atoms with E-state index in [0.717, 1.165) is 0 Å². The number of morpholine rings is 1. The highest BCUT2D eigenvalue weighted by molar-refractivity contribution is 5.85. The minimum Gasteiger partial charge on any atom is -0.366 e. The third kappa shape index (κ3) is 5.82. The number of ether oxygens (including phenoxy) is 1. The molecule has 1 heterocycles. The zero-order valence-corrected chi connectivity index (χ0v) is 15.2. The van der Waals surface area contributed by atoms with Crippen molar-refractivity contribution in [3.63, 3.8) is 0 Å². The molecule has 0 saturated carbocycles. The topological polar surface area (TPSA) is 53.6 Å². The smallest absolute Gasteiger partial charge is 0.250 e. The molecule has 2 unspecified atom stereocenters. The van der Waals surface area contributed by atoms with Gasteiger partial charge in [0.15, 0.2) is 0 Å². The second-order valence-corrected chi connectivity index (χ2v) is 5.42. The Kier molecular flexibility index (Phi) is 10.3. The molecule has 1 amide bonds. The number of nitrogens with zero attached hydrogens (tertiary/aromatic N) is 1. The third-order valence-corrected chi connectivity index (χ3v) is 3.65. The molecule has 5 nitrogen and oxygen atoms in total. The molecule has 0 bridgehead atoms. The number of halogens is 4. The zero-order valence-electron chi connectivity index (χ0n) is 13.6. The first-order chi connectivity index (χ1) is 10.5. The van der Waals surface area contributed by atoms with E-state index in [1.54, 1.807) is 19.0 Å². The molecule has 1 aromatic carbocycles. The average Bonchev–Trinajstić information content (AvgIpc) is 2.50. The van der Waals surface area contributed by atoms with E-state index < -0.39 is 23.8 Å². The van der Waals surface area contributed by atoms with Crippen LogP contribution in [0, 0.1) is 11.6 Å². The number of carbonyl (C=O) groups excluding carboxylic acids is 1. The Balaban J connectivity index is 0.00000264. The summed E-state index contributed by atoms with van der Waals surface area (Å²) in [6, 6.07) is 3.15. The van der Waals surface area contributed by atoms with Crippen LogP contribution >= 0.6 is 24.8 Å². The summed E-state index contributed by atoms with van der Waals surface area (Å²) in [6.45, 7) is 1.72. The largest absolute Gasteiger partial charge is 0.366 e. The van der Waals surface area contributed by atoms with Gasteiger partial charge in [-0.05, 0) is 26.2 Å². The van der Waals surface area contributed by atoms with Crippen LogP contribution in [-0.4, -0.2) is 57.2 Å². The minimum absolute atomic E-state index is 0. The molecule has 1 aromatic rings. The van der Waals surface area contributed by atoms with Crippen molar-refractivity contribution in [3.05, 3.63) is 35.4 Å². The highest BCUT2D eigenvalue weighted by Crippen LogP contribution is 2.23. The molecule has 24 heavy (non-hydrogen) atoms. The van der Waals surface area contributed by atoms with Crippen LogP contribution in [0.2, 0.25) is 0 Å². The maximum absolute atomic E-state index is 13.9. The lowest BCUT2D eigenvalue weighted by atomic mass is 10.0. The molecule has 2 N–H and O–H groups in total. The van der Waals surface area contributed by atoms with Crippen LogP contribution in [0.4, 0.5) is 8.78 Å². The summed E-state index contributed by atoms with van der Waals surface area (Å²) in [4.78, 5) is 13.7. The van der Waals surface area contributed by atoms with Crippen molar-refractivity contribution in [1.29, 1.82) is 0 Å². The van der Waals surface area contributed by atoms with Crippen molar-refractivity contribution < 1.29 is 18.3 Å². The monoisotopic (exact) mass is 385 g/mol. The predicted octanol–water partition coefficient (Wildman–Crippen LogP) is 1.52. The summed E-state index contributed by atoms with van der Waals surface area (Å²) >= 11 is 0. The molecule has 1 aliphatic heterocycles.